The minimum absolute atomic E-state index is 0.0208. The third-order valence-electron chi connectivity index (χ3n) is 7.61. The Morgan fingerprint density at radius 1 is 0.878 bits per heavy atom. The van der Waals surface area contributed by atoms with Crippen molar-refractivity contribution in [3.8, 4) is 0 Å². The number of carbonyl (C=O) groups is 3. The monoisotopic (exact) mass is 678 g/mol. The van der Waals surface area contributed by atoms with Gasteiger partial charge in [0.25, 0.3) is 0 Å². The molecule has 272 valence electrons. The summed E-state index contributed by atoms with van der Waals surface area (Å²) in [6, 6.07) is 15.6. The number of benzene rings is 1. The maximum absolute atomic E-state index is 10.9. The summed E-state index contributed by atoms with van der Waals surface area (Å²) in [7, 11) is 0. The molecule has 0 spiro atoms. The van der Waals surface area contributed by atoms with Crippen molar-refractivity contribution in [2.45, 2.75) is 113 Å². The van der Waals surface area contributed by atoms with Crippen LogP contribution >= 0.6 is 0 Å². The Morgan fingerprint density at radius 2 is 1.45 bits per heavy atom. The zero-order chi connectivity index (χ0) is 37.2. The summed E-state index contributed by atoms with van der Waals surface area (Å²) in [4.78, 5) is 43.5. The van der Waals surface area contributed by atoms with E-state index in [1.807, 2.05) is 49.5 Å². The number of nitrogens with two attached hydrogens (primary N) is 1. The Bertz CT molecular complexity index is 1280. The summed E-state index contributed by atoms with van der Waals surface area (Å²) in [5, 5.41) is 0. The van der Waals surface area contributed by atoms with E-state index < -0.39 is 5.54 Å². The van der Waals surface area contributed by atoms with Crippen molar-refractivity contribution in [3.05, 3.63) is 90.3 Å². The van der Waals surface area contributed by atoms with E-state index in [1.165, 1.54) is 32.3 Å². The predicted octanol–water partition coefficient (Wildman–Crippen LogP) is 7.59. The fraction of sp³-hybridized carbons (Fsp3) is 0.550. The number of aromatic nitrogens is 3. The maximum Gasteiger partial charge on any atom is 0.155 e. The highest BCUT2D eigenvalue weighted by molar-refractivity contribution is 5.84. The van der Waals surface area contributed by atoms with Crippen LogP contribution in [0.5, 0.6) is 0 Å². The largest absolute Gasteiger partial charge is 0.370 e. The zero-order valence-corrected chi connectivity index (χ0v) is 31.6. The predicted molar refractivity (Wildman–Crippen MR) is 198 cm³/mol. The molecule has 1 aliphatic rings. The normalized spacial score (nSPS) is 16.5. The molecular formula is C40H62N4O5. The number of nitrogens with zero attached hydrogens (tertiary/aromatic N) is 3. The quantitative estimate of drug-likeness (QED) is 0.230. The smallest absolute Gasteiger partial charge is 0.155 e. The summed E-state index contributed by atoms with van der Waals surface area (Å²) in [5.74, 6) is 3.09. The van der Waals surface area contributed by atoms with E-state index in [2.05, 4.69) is 48.7 Å². The van der Waals surface area contributed by atoms with Crippen LogP contribution < -0.4 is 5.73 Å². The molecule has 1 saturated carbocycles. The van der Waals surface area contributed by atoms with Gasteiger partial charge in [-0.15, -0.1) is 0 Å². The molecule has 0 radical (unpaired) electrons. The molecule has 0 aliphatic heterocycles. The number of carbonyl (C=O) groups excluding carboxylic acids is 3. The number of ketones is 3. The maximum atomic E-state index is 10.9. The van der Waals surface area contributed by atoms with Crippen LogP contribution in [-0.4, -0.2) is 57.2 Å². The van der Waals surface area contributed by atoms with Gasteiger partial charge in [-0.25, -0.2) is 9.97 Å². The highest BCUT2D eigenvalue weighted by Gasteiger charge is 2.31. The highest BCUT2D eigenvalue weighted by Crippen LogP contribution is 2.35. The number of hydrogen-bond donors (Lipinski definition) is 1. The first kappa shape index (κ1) is 45.3. The minimum Gasteiger partial charge on any atom is -0.370 e. The van der Waals surface area contributed by atoms with Gasteiger partial charge < -0.3 is 15.2 Å². The standard InChI is InChI=1S/C13H24O2.C10H12O2.C7H9N.C5H6N2.C5H11NO/c1-9(2)12-6-5-10(3)7-13(12)15-8-11(4)14;1-9(11)7-12-8-10-5-3-2-4-6-10;1-2-7-4-3-5-8-6-7;1-5-6-3-2-4-7-5;1-4(7)5(2,3)6/h9-10,12-13H,5-8H2,1-4H3;2-6H,7-8H2,1H3;3-6H,2H2,1H3;2-4H,1H3;6H2,1-3H3. The molecule has 1 fully saturated rings. The average molecular weight is 679 g/mol. The van der Waals surface area contributed by atoms with Crippen LogP contribution in [0.1, 0.15) is 98.5 Å². The van der Waals surface area contributed by atoms with Gasteiger partial charge in [-0.05, 0) is 102 Å². The Hall–Kier alpha value is -3.66. The van der Waals surface area contributed by atoms with E-state index in [4.69, 9.17) is 15.2 Å². The molecule has 2 N–H and O–H groups in total. The Labute approximate surface area is 295 Å². The van der Waals surface area contributed by atoms with Crippen molar-refractivity contribution in [1.82, 2.24) is 15.0 Å². The lowest BCUT2D eigenvalue weighted by atomic mass is 9.75. The molecule has 0 amide bonds. The lowest BCUT2D eigenvalue weighted by Gasteiger charge is -2.36. The second-order valence-corrected chi connectivity index (χ2v) is 13.3. The van der Waals surface area contributed by atoms with Gasteiger partial charge in [-0.3, -0.25) is 19.4 Å². The zero-order valence-electron chi connectivity index (χ0n) is 31.6. The van der Waals surface area contributed by atoms with Crippen LogP contribution in [0, 0.1) is 24.7 Å². The van der Waals surface area contributed by atoms with Crippen LogP contribution in [0.15, 0.2) is 73.3 Å². The first-order valence-corrected chi connectivity index (χ1v) is 17.2. The van der Waals surface area contributed by atoms with E-state index in [9.17, 15) is 14.4 Å². The highest BCUT2D eigenvalue weighted by atomic mass is 16.5. The molecular weight excluding hydrogens is 616 g/mol. The summed E-state index contributed by atoms with van der Waals surface area (Å²) >= 11 is 0. The Balaban J connectivity index is 0.000000610. The fourth-order valence-electron chi connectivity index (χ4n) is 4.40. The fourth-order valence-corrected chi connectivity index (χ4v) is 4.40. The second-order valence-electron chi connectivity index (χ2n) is 13.3. The summed E-state index contributed by atoms with van der Waals surface area (Å²) in [6.07, 6.45) is 12.2. The number of Topliss-reactive ketones (excluding diaryl/α,β-unsaturated/α-hetero) is 3. The Morgan fingerprint density at radius 3 is 1.86 bits per heavy atom. The molecule has 9 nitrogen and oxygen atoms in total. The average Bonchev–Trinajstić information content (AvgIpc) is 3.05. The van der Waals surface area contributed by atoms with E-state index in [1.54, 1.807) is 45.4 Å². The van der Waals surface area contributed by atoms with E-state index in [0.717, 1.165) is 30.1 Å². The van der Waals surface area contributed by atoms with Gasteiger partial charge in [-0.1, -0.05) is 70.5 Å². The number of rotatable bonds is 10. The van der Waals surface area contributed by atoms with Gasteiger partial charge >= 0.3 is 0 Å². The van der Waals surface area contributed by atoms with Crippen molar-refractivity contribution >= 4 is 17.3 Å². The van der Waals surface area contributed by atoms with Crippen molar-refractivity contribution in [1.29, 1.82) is 0 Å². The molecule has 1 aliphatic carbocycles. The molecule has 2 heterocycles. The molecule has 9 heteroatoms. The van der Waals surface area contributed by atoms with Gasteiger partial charge in [0.1, 0.15) is 24.8 Å². The molecule has 3 atom stereocenters. The van der Waals surface area contributed by atoms with Gasteiger partial charge in [-0.2, -0.15) is 0 Å². The molecule has 3 aromatic rings. The first-order chi connectivity index (χ1) is 23.1. The van der Waals surface area contributed by atoms with E-state index in [-0.39, 0.29) is 24.0 Å². The van der Waals surface area contributed by atoms with Gasteiger partial charge in [0.15, 0.2) is 11.6 Å². The van der Waals surface area contributed by atoms with Crippen molar-refractivity contribution in [2.24, 2.45) is 23.5 Å². The molecule has 1 aromatic carbocycles. The first-order valence-electron chi connectivity index (χ1n) is 17.2. The Kier molecular flexibility index (Phi) is 24.3. The molecule has 49 heavy (non-hydrogen) atoms. The van der Waals surface area contributed by atoms with E-state index in [0.29, 0.717) is 31.2 Å². The summed E-state index contributed by atoms with van der Waals surface area (Å²) < 4.78 is 10.9. The SMILES string of the molecule is CC(=O)C(C)(C)N.CC(=O)COC1CC(C)CCC1C(C)C.CC(=O)COCc1ccccc1.CCc1cccnc1.Cc1ncccn1. The molecule has 0 saturated heterocycles. The molecule has 3 unspecified atom stereocenters. The van der Waals surface area contributed by atoms with Crippen LogP contribution in [0.3, 0.4) is 0 Å². The third-order valence-corrected chi connectivity index (χ3v) is 7.61. The van der Waals surface area contributed by atoms with E-state index >= 15 is 0 Å². The minimum atomic E-state index is -0.639. The number of aryl methyl sites for hydroxylation is 2. The van der Waals surface area contributed by atoms with Crippen molar-refractivity contribution in [2.75, 3.05) is 13.2 Å². The van der Waals surface area contributed by atoms with Crippen LogP contribution in [0.2, 0.25) is 0 Å². The van der Waals surface area contributed by atoms with Crippen LogP contribution in [-0.2, 0) is 36.9 Å². The van der Waals surface area contributed by atoms with Gasteiger partial charge in [0.2, 0.25) is 0 Å². The summed E-state index contributed by atoms with van der Waals surface area (Å²) in [5.41, 5.74) is 7.08. The molecule has 4 rings (SSSR count). The van der Waals surface area contributed by atoms with Crippen LogP contribution in [0.4, 0.5) is 0 Å². The summed E-state index contributed by atoms with van der Waals surface area (Å²) in [6.45, 7) is 19.8. The number of ether oxygens (including phenoxy) is 2. The van der Waals surface area contributed by atoms with Gasteiger partial charge in [0, 0.05) is 24.8 Å². The number of pyridine rings is 1. The second kappa shape index (κ2) is 26.2. The lowest BCUT2D eigenvalue weighted by molar-refractivity contribution is -0.127. The lowest BCUT2D eigenvalue weighted by Crippen LogP contribution is -2.39. The molecule has 2 aromatic heterocycles. The van der Waals surface area contributed by atoms with Crippen molar-refractivity contribution < 1.29 is 23.9 Å². The number of hydrogen-bond acceptors (Lipinski definition) is 9. The van der Waals surface area contributed by atoms with Crippen molar-refractivity contribution in [3.63, 3.8) is 0 Å². The third kappa shape index (κ3) is 25.0. The molecule has 0 bridgehead atoms. The van der Waals surface area contributed by atoms with Gasteiger partial charge in [0.05, 0.1) is 18.2 Å². The topological polar surface area (TPSA) is 134 Å². The van der Waals surface area contributed by atoms with Crippen LogP contribution in [0.25, 0.3) is 0 Å².